The minimum absolute atomic E-state index is 0.178. The Morgan fingerprint density at radius 1 is 1.07 bits per heavy atom. The summed E-state index contributed by atoms with van der Waals surface area (Å²) in [5.41, 5.74) is 1.22. The molecule has 3 aliphatic heterocycles. The van der Waals surface area contributed by atoms with Crippen molar-refractivity contribution in [2.75, 3.05) is 20.4 Å². The third-order valence-corrected chi connectivity index (χ3v) is 6.52. The number of rotatable bonds is 4. The highest BCUT2D eigenvalue weighted by Crippen LogP contribution is 2.46. The van der Waals surface area contributed by atoms with Crippen LogP contribution in [0, 0.1) is 11.7 Å². The van der Waals surface area contributed by atoms with Crippen LogP contribution in [-0.2, 0) is 0 Å². The molecule has 2 saturated heterocycles. The summed E-state index contributed by atoms with van der Waals surface area (Å²) < 4.78 is 30.4. The summed E-state index contributed by atoms with van der Waals surface area (Å²) >= 11 is 0. The maximum Gasteiger partial charge on any atom is 0.231 e. The van der Waals surface area contributed by atoms with Gasteiger partial charge in [0.2, 0.25) is 6.79 Å². The van der Waals surface area contributed by atoms with Gasteiger partial charge in [-0.3, -0.25) is 0 Å². The summed E-state index contributed by atoms with van der Waals surface area (Å²) in [6.07, 6.45) is 3.54. The predicted molar refractivity (Wildman–Crippen MR) is 99.9 cm³/mol. The van der Waals surface area contributed by atoms with Crippen LogP contribution in [-0.4, -0.2) is 37.4 Å². The molecule has 142 valence electrons. The molecule has 2 aromatic carbocycles. The molecule has 0 aliphatic carbocycles. The third kappa shape index (κ3) is 3.04. The monoisotopic (exact) mass is 369 g/mol. The molecule has 0 spiro atoms. The van der Waals surface area contributed by atoms with Gasteiger partial charge >= 0.3 is 0 Å². The van der Waals surface area contributed by atoms with Crippen molar-refractivity contribution in [3.05, 3.63) is 53.8 Å². The van der Waals surface area contributed by atoms with Crippen molar-refractivity contribution in [3.8, 4) is 17.2 Å². The summed E-state index contributed by atoms with van der Waals surface area (Å²) in [5.74, 6) is 2.91. The fourth-order valence-corrected chi connectivity index (χ4v) is 5.06. The first-order valence-electron chi connectivity index (χ1n) is 9.69. The van der Waals surface area contributed by atoms with E-state index in [1.165, 1.54) is 18.4 Å². The van der Waals surface area contributed by atoms with Crippen LogP contribution in [0.1, 0.15) is 30.7 Å². The summed E-state index contributed by atoms with van der Waals surface area (Å²) in [6, 6.07) is 13.9. The maximum atomic E-state index is 13.4. The molecule has 2 aromatic rings. The Balaban J connectivity index is 1.37. The molecule has 2 fully saturated rings. The molecule has 3 heterocycles. The lowest BCUT2D eigenvalue weighted by molar-refractivity contribution is 0.0665. The molecule has 5 rings (SSSR count). The zero-order valence-corrected chi connectivity index (χ0v) is 15.4. The quantitative estimate of drug-likeness (QED) is 0.808. The maximum absolute atomic E-state index is 13.4. The highest BCUT2D eigenvalue weighted by atomic mass is 19.1. The van der Waals surface area contributed by atoms with Crippen molar-refractivity contribution < 1.29 is 18.6 Å². The molecule has 3 aliphatic rings. The average molecular weight is 369 g/mol. The van der Waals surface area contributed by atoms with Gasteiger partial charge in [0, 0.05) is 24.1 Å². The molecular formula is C22H24FNO3. The van der Waals surface area contributed by atoms with E-state index in [0.717, 1.165) is 23.7 Å². The van der Waals surface area contributed by atoms with Crippen LogP contribution >= 0.6 is 0 Å². The van der Waals surface area contributed by atoms with E-state index in [1.807, 2.05) is 30.3 Å². The van der Waals surface area contributed by atoms with Crippen LogP contribution in [0.15, 0.2) is 42.5 Å². The van der Waals surface area contributed by atoms with Crippen molar-refractivity contribution in [1.29, 1.82) is 0 Å². The molecule has 0 amide bonds. The molecule has 0 N–H and O–H groups in total. The Morgan fingerprint density at radius 2 is 1.89 bits per heavy atom. The van der Waals surface area contributed by atoms with Gasteiger partial charge in [-0.05, 0) is 62.1 Å². The summed E-state index contributed by atoms with van der Waals surface area (Å²) in [6.45, 7) is 0.908. The number of hydrogen-bond acceptors (Lipinski definition) is 4. The molecule has 0 radical (unpaired) electrons. The SMILES string of the molecule is CN1C2CC[C@@H]1[C@H](COc1ccc3c(c1)OCO3)[C@H](c1ccc(F)cc1)C2. The Morgan fingerprint density at radius 3 is 2.74 bits per heavy atom. The molecule has 27 heavy (non-hydrogen) atoms. The van der Waals surface area contributed by atoms with E-state index >= 15 is 0 Å². The second-order valence-electron chi connectivity index (χ2n) is 7.85. The zero-order valence-electron chi connectivity index (χ0n) is 15.4. The topological polar surface area (TPSA) is 30.9 Å². The first-order chi connectivity index (χ1) is 13.2. The molecule has 0 saturated carbocycles. The minimum Gasteiger partial charge on any atom is -0.493 e. The van der Waals surface area contributed by atoms with Gasteiger partial charge in [0.05, 0.1) is 6.61 Å². The molecule has 1 unspecified atom stereocenters. The van der Waals surface area contributed by atoms with Crippen LogP contribution in [0.25, 0.3) is 0 Å². The zero-order chi connectivity index (χ0) is 18.4. The Labute approximate surface area is 158 Å². The fraction of sp³-hybridized carbons (Fsp3) is 0.455. The first-order valence-corrected chi connectivity index (χ1v) is 9.69. The first kappa shape index (κ1) is 16.9. The smallest absolute Gasteiger partial charge is 0.231 e. The largest absolute Gasteiger partial charge is 0.493 e. The van der Waals surface area contributed by atoms with Crippen molar-refractivity contribution in [2.24, 2.45) is 5.92 Å². The van der Waals surface area contributed by atoms with Gasteiger partial charge in [-0.15, -0.1) is 0 Å². The summed E-state index contributed by atoms with van der Waals surface area (Å²) in [5, 5.41) is 0. The van der Waals surface area contributed by atoms with E-state index < -0.39 is 0 Å². The number of fused-ring (bicyclic) bond motifs is 3. The number of benzene rings is 2. The summed E-state index contributed by atoms with van der Waals surface area (Å²) in [4.78, 5) is 2.52. The van der Waals surface area contributed by atoms with E-state index in [9.17, 15) is 4.39 Å². The highest BCUT2D eigenvalue weighted by molar-refractivity contribution is 5.46. The van der Waals surface area contributed by atoms with Gasteiger partial charge < -0.3 is 19.1 Å². The minimum atomic E-state index is -0.178. The van der Waals surface area contributed by atoms with E-state index in [1.54, 1.807) is 12.1 Å². The number of halogens is 1. The van der Waals surface area contributed by atoms with Crippen molar-refractivity contribution in [2.45, 2.75) is 37.3 Å². The van der Waals surface area contributed by atoms with Gasteiger partial charge in [-0.25, -0.2) is 4.39 Å². The average Bonchev–Trinajstić information content (AvgIpc) is 3.23. The van der Waals surface area contributed by atoms with Crippen molar-refractivity contribution in [1.82, 2.24) is 4.90 Å². The molecule has 4 atom stereocenters. The molecule has 4 nitrogen and oxygen atoms in total. The summed E-state index contributed by atoms with van der Waals surface area (Å²) in [7, 11) is 2.23. The van der Waals surface area contributed by atoms with Crippen molar-refractivity contribution in [3.63, 3.8) is 0 Å². The van der Waals surface area contributed by atoms with Gasteiger partial charge in [-0.1, -0.05) is 12.1 Å². The van der Waals surface area contributed by atoms with Gasteiger partial charge in [-0.2, -0.15) is 0 Å². The molecule has 5 heteroatoms. The van der Waals surface area contributed by atoms with E-state index in [2.05, 4.69) is 11.9 Å². The fourth-order valence-electron chi connectivity index (χ4n) is 5.06. The predicted octanol–water partition coefficient (Wildman–Crippen LogP) is 4.20. The third-order valence-electron chi connectivity index (χ3n) is 6.52. The molecular weight excluding hydrogens is 345 g/mol. The number of hydrogen-bond donors (Lipinski definition) is 0. The molecule has 0 aromatic heterocycles. The second kappa shape index (κ2) is 6.71. The lowest BCUT2D eigenvalue weighted by Crippen LogP contribution is -2.47. The highest BCUT2D eigenvalue weighted by Gasteiger charge is 2.46. The van der Waals surface area contributed by atoms with E-state index in [0.29, 0.717) is 30.5 Å². The Kier molecular flexibility index (Phi) is 4.20. The molecule has 2 bridgehead atoms. The Bertz CT molecular complexity index is 825. The van der Waals surface area contributed by atoms with Crippen molar-refractivity contribution >= 4 is 0 Å². The lowest BCUT2D eigenvalue weighted by Gasteiger charge is -2.43. The second-order valence-corrected chi connectivity index (χ2v) is 7.85. The van der Waals surface area contributed by atoms with Crippen LogP contribution < -0.4 is 14.2 Å². The van der Waals surface area contributed by atoms with Gasteiger partial charge in [0.25, 0.3) is 0 Å². The number of piperidine rings is 1. The normalized spacial score (nSPS) is 29.1. The standard InChI is InChI=1S/C22H24FNO3/c1-24-16-6-8-20(24)19(18(10-16)14-2-4-15(23)5-3-14)12-25-17-7-9-21-22(11-17)27-13-26-21/h2-5,7,9,11,16,18-20H,6,8,10,12-13H2,1H3/t16?,18-,19+,20+/m0/s1. The van der Waals surface area contributed by atoms with Crippen LogP contribution in [0.5, 0.6) is 17.2 Å². The Hall–Kier alpha value is -2.27. The van der Waals surface area contributed by atoms with E-state index in [4.69, 9.17) is 14.2 Å². The van der Waals surface area contributed by atoms with E-state index in [-0.39, 0.29) is 12.6 Å². The number of nitrogens with zero attached hydrogens (tertiary/aromatic N) is 1. The van der Waals surface area contributed by atoms with Gasteiger partial charge in [0.15, 0.2) is 11.5 Å². The lowest BCUT2D eigenvalue weighted by atomic mass is 9.76. The number of ether oxygens (including phenoxy) is 3. The van der Waals surface area contributed by atoms with Crippen LogP contribution in [0.4, 0.5) is 4.39 Å². The van der Waals surface area contributed by atoms with Crippen LogP contribution in [0.2, 0.25) is 0 Å². The van der Waals surface area contributed by atoms with Gasteiger partial charge in [0.1, 0.15) is 11.6 Å². The van der Waals surface area contributed by atoms with Crippen LogP contribution in [0.3, 0.4) is 0 Å².